The summed E-state index contributed by atoms with van der Waals surface area (Å²) in [6.07, 6.45) is -2.09. The number of carbonyl (C=O) groups excluding carboxylic acids is 1. The Morgan fingerprint density at radius 3 is 2.28 bits per heavy atom. The van der Waals surface area contributed by atoms with Gasteiger partial charge in [0.25, 0.3) is 0 Å². The number of halogens is 4. The first kappa shape index (κ1) is 17.2. The van der Waals surface area contributed by atoms with E-state index in [-0.39, 0.29) is 6.04 Å². The molecule has 1 amide bonds. The Morgan fingerprint density at radius 2 is 1.83 bits per heavy atom. The zero-order chi connectivity index (χ0) is 14.3. The van der Waals surface area contributed by atoms with Crippen molar-refractivity contribution in [1.82, 2.24) is 10.6 Å². The summed E-state index contributed by atoms with van der Waals surface area (Å²) < 4.78 is 49.0. The van der Waals surface area contributed by atoms with Gasteiger partial charge in [-0.25, -0.2) is 8.78 Å². The summed E-state index contributed by atoms with van der Waals surface area (Å²) in [5.74, 6) is -4.59. The van der Waals surface area contributed by atoms with E-state index in [0.717, 1.165) is 12.8 Å². The molecule has 0 rings (SSSR count). The Morgan fingerprint density at radius 1 is 1.28 bits per heavy atom. The molecule has 0 saturated heterocycles. The highest BCUT2D eigenvalue weighted by Gasteiger charge is 2.40. The zero-order valence-electron chi connectivity index (χ0n) is 10.8. The van der Waals surface area contributed by atoms with Crippen molar-refractivity contribution < 1.29 is 22.4 Å². The van der Waals surface area contributed by atoms with Crippen LogP contribution in [0.15, 0.2) is 0 Å². The summed E-state index contributed by atoms with van der Waals surface area (Å²) in [6.45, 7) is 3.88. The molecule has 0 spiro atoms. The average molecular weight is 272 g/mol. The number of carbonyl (C=O) groups is 1. The van der Waals surface area contributed by atoms with Crippen LogP contribution in [0.3, 0.4) is 0 Å². The molecule has 0 aliphatic carbocycles. The van der Waals surface area contributed by atoms with Gasteiger partial charge in [0.05, 0.1) is 12.6 Å². The third kappa shape index (κ3) is 6.18. The molecule has 0 aliphatic rings. The fourth-order valence-corrected chi connectivity index (χ4v) is 1.33. The lowest BCUT2D eigenvalue weighted by molar-refractivity contribution is -0.131. The third-order valence-electron chi connectivity index (χ3n) is 2.47. The van der Waals surface area contributed by atoms with E-state index in [1.807, 2.05) is 6.92 Å². The van der Waals surface area contributed by atoms with Gasteiger partial charge in [0.15, 0.2) is 0 Å². The van der Waals surface area contributed by atoms with E-state index in [0.29, 0.717) is 0 Å². The molecule has 2 atom stereocenters. The SMILES string of the molecule is CCCC(C)NC(=O)C(C)NCC(F)(F)C(F)F. The number of hydrogen-bond acceptors (Lipinski definition) is 2. The molecule has 0 heterocycles. The molecule has 0 aromatic rings. The molecule has 0 radical (unpaired) electrons. The monoisotopic (exact) mass is 272 g/mol. The van der Waals surface area contributed by atoms with Crippen molar-refractivity contribution in [2.75, 3.05) is 6.54 Å². The summed E-state index contributed by atoms with van der Waals surface area (Å²) >= 11 is 0. The first-order valence-electron chi connectivity index (χ1n) is 5.90. The molecule has 7 heteroatoms. The summed E-state index contributed by atoms with van der Waals surface area (Å²) in [5.41, 5.74) is 0. The van der Waals surface area contributed by atoms with Crippen LogP contribution in [0.2, 0.25) is 0 Å². The van der Waals surface area contributed by atoms with E-state index < -0.39 is 30.8 Å². The van der Waals surface area contributed by atoms with E-state index in [1.54, 1.807) is 6.92 Å². The Balaban J connectivity index is 4.09. The second-order valence-corrected chi connectivity index (χ2v) is 4.36. The van der Waals surface area contributed by atoms with Crippen LogP contribution < -0.4 is 10.6 Å². The van der Waals surface area contributed by atoms with Gasteiger partial charge < -0.3 is 10.6 Å². The first-order valence-corrected chi connectivity index (χ1v) is 5.90. The fourth-order valence-electron chi connectivity index (χ4n) is 1.33. The smallest absolute Gasteiger partial charge is 0.319 e. The normalized spacial score (nSPS) is 15.6. The molecule has 18 heavy (non-hydrogen) atoms. The van der Waals surface area contributed by atoms with Crippen LogP contribution in [-0.2, 0) is 4.79 Å². The molecule has 108 valence electrons. The van der Waals surface area contributed by atoms with Gasteiger partial charge in [-0.1, -0.05) is 13.3 Å². The maximum atomic E-state index is 12.6. The van der Waals surface area contributed by atoms with Crippen LogP contribution in [0.1, 0.15) is 33.6 Å². The third-order valence-corrected chi connectivity index (χ3v) is 2.47. The van der Waals surface area contributed by atoms with Gasteiger partial charge in [0, 0.05) is 6.04 Å². The molecule has 0 bridgehead atoms. The largest absolute Gasteiger partial charge is 0.352 e. The minimum atomic E-state index is -4.12. The van der Waals surface area contributed by atoms with Crippen molar-refractivity contribution in [2.24, 2.45) is 0 Å². The molecule has 2 unspecified atom stereocenters. The second-order valence-electron chi connectivity index (χ2n) is 4.36. The van der Waals surface area contributed by atoms with Crippen molar-refractivity contribution in [1.29, 1.82) is 0 Å². The molecule has 0 saturated carbocycles. The Hall–Kier alpha value is -0.850. The van der Waals surface area contributed by atoms with Crippen molar-refractivity contribution in [2.45, 2.75) is 58.0 Å². The molecule has 0 fully saturated rings. The van der Waals surface area contributed by atoms with Crippen molar-refractivity contribution in [3.05, 3.63) is 0 Å². The van der Waals surface area contributed by atoms with E-state index in [1.165, 1.54) is 6.92 Å². The van der Waals surface area contributed by atoms with E-state index in [2.05, 4.69) is 10.6 Å². The van der Waals surface area contributed by atoms with Crippen LogP contribution >= 0.6 is 0 Å². The van der Waals surface area contributed by atoms with Gasteiger partial charge in [0.1, 0.15) is 0 Å². The maximum absolute atomic E-state index is 12.6. The fraction of sp³-hybridized carbons (Fsp3) is 0.909. The van der Waals surface area contributed by atoms with E-state index in [4.69, 9.17) is 0 Å². The summed E-state index contributed by atoms with van der Waals surface area (Å²) in [6, 6.07) is -1.00. The van der Waals surface area contributed by atoms with Crippen LogP contribution in [0.25, 0.3) is 0 Å². The minimum Gasteiger partial charge on any atom is -0.352 e. The number of rotatable bonds is 8. The quantitative estimate of drug-likeness (QED) is 0.665. The average Bonchev–Trinajstić information content (AvgIpc) is 2.25. The van der Waals surface area contributed by atoms with Gasteiger partial charge in [0.2, 0.25) is 5.91 Å². The van der Waals surface area contributed by atoms with Crippen LogP contribution in [-0.4, -0.2) is 36.9 Å². The van der Waals surface area contributed by atoms with Gasteiger partial charge in [-0.3, -0.25) is 4.79 Å². The van der Waals surface area contributed by atoms with Crippen molar-refractivity contribution >= 4 is 5.91 Å². The van der Waals surface area contributed by atoms with Crippen LogP contribution in [0.5, 0.6) is 0 Å². The van der Waals surface area contributed by atoms with Crippen molar-refractivity contribution in [3.63, 3.8) is 0 Å². The van der Waals surface area contributed by atoms with Gasteiger partial charge in [-0.2, -0.15) is 8.78 Å². The lowest BCUT2D eigenvalue weighted by Gasteiger charge is -2.21. The standard InChI is InChI=1S/C11H20F4N2O/c1-4-5-7(2)17-9(18)8(3)16-6-11(14,15)10(12)13/h7-8,10,16H,4-6H2,1-3H3,(H,17,18). The molecular weight excluding hydrogens is 252 g/mol. The molecule has 2 N–H and O–H groups in total. The van der Waals surface area contributed by atoms with E-state index >= 15 is 0 Å². The van der Waals surface area contributed by atoms with Crippen LogP contribution in [0, 0.1) is 0 Å². The topological polar surface area (TPSA) is 41.1 Å². The lowest BCUT2D eigenvalue weighted by Crippen LogP contribution is -2.49. The second kappa shape index (κ2) is 7.56. The predicted molar refractivity (Wildman–Crippen MR) is 60.9 cm³/mol. The Bertz CT molecular complexity index is 261. The number of hydrogen-bond donors (Lipinski definition) is 2. The number of nitrogens with one attached hydrogen (secondary N) is 2. The Kier molecular flexibility index (Phi) is 7.20. The zero-order valence-corrected chi connectivity index (χ0v) is 10.8. The molecule has 0 aromatic heterocycles. The van der Waals surface area contributed by atoms with Gasteiger partial charge in [-0.15, -0.1) is 0 Å². The molecule has 3 nitrogen and oxygen atoms in total. The molecule has 0 aromatic carbocycles. The van der Waals surface area contributed by atoms with Crippen molar-refractivity contribution in [3.8, 4) is 0 Å². The number of amides is 1. The summed E-state index contributed by atoms with van der Waals surface area (Å²) in [5, 5.41) is 4.72. The Labute approximate surface area is 104 Å². The highest BCUT2D eigenvalue weighted by atomic mass is 19.3. The first-order chi connectivity index (χ1) is 8.20. The lowest BCUT2D eigenvalue weighted by atomic mass is 10.2. The minimum absolute atomic E-state index is 0.0673. The highest BCUT2D eigenvalue weighted by Crippen LogP contribution is 2.21. The summed E-state index contributed by atoms with van der Waals surface area (Å²) in [4.78, 5) is 11.5. The van der Waals surface area contributed by atoms with E-state index in [9.17, 15) is 22.4 Å². The van der Waals surface area contributed by atoms with Crippen LogP contribution in [0.4, 0.5) is 17.6 Å². The molecular formula is C11H20F4N2O. The molecule has 0 aliphatic heterocycles. The highest BCUT2D eigenvalue weighted by molar-refractivity contribution is 5.81. The predicted octanol–water partition coefficient (Wildman–Crippen LogP) is 2.17. The maximum Gasteiger partial charge on any atom is 0.319 e. The summed E-state index contributed by atoms with van der Waals surface area (Å²) in [7, 11) is 0. The van der Waals surface area contributed by atoms with Gasteiger partial charge in [-0.05, 0) is 20.3 Å². The number of alkyl halides is 4. The van der Waals surface area contributed by atoms with Gasteiger partial charge >= 0.3 is 12.3 Å².